The number of hydrogen-bond donors (Lipinski definition) is 1. The molecule has 0 spiro atoms. The number of methoxy groups -OCH3 is 2. The molecule has 0 amide bonds. The Morgan fingerprint density at radius 2 is 1.79 bits per heavy atom. The molecule has 2 aromatic carbocycles. The van der Waals surface area contributed by atoms with Crippen molar-refractivity contribution >= 4 is 17.0 Å². The number of aromatic hydroxyl groups is 1. The zero-order valence-corrected chi connectivity index (χ0v) is 20.1. The Labute approximate surface area is 197 Å². The van der Waals surface area contributed by atoms with E-state index in [1.807, 2.05) is 39.8 Å². The second kappa shape index (κ2) is 7.53. The third-order valence-corrected chi connectivity index (χ3v) is 6.39. The molecule has 5 rings (SSSR count). The van der Waals surface area contributed by atoms with Crippen molar-refractivity contribution in [2.24, 2.45) is 0 Å². The summed E-state index contributed by atoms with van der Waals surface area (Å²) < 4.78 is 29.0. The molecule has 7 heteroatoms. The van der Waals surface area contributed by atoms with Gasteiger partial charge in [0, 0.05) is 6.42 Å². The van der Waals surface area contributed by atoms with Crippen LogP contribution in [0, 0.1) is 0 Å². The average molecular weight is 465 g/mol. The van der Waals surface area contributed by atoms with Crippen molar-refractivity contribution in [3.8, 4) is 34.1 Å². The minimum Gasteiger partial charge on any atom is -0.506 e. The minimum absolute atomic E-state index is 0.0993. The molecular formula is C27H28O7. The maximum Gasteiger partial charge on any atom is 0.204 e. The number of phenols is 1. The summed E-state index contributed by atoms with van der Waals surface area (Å²) >= 11 is 0. The average Bonchev–Trinajstić information content (AvgIpc) is 2.76. The lowest BCUT2D eigenvalue weighted by molar-refractivity contribution is -0.189. The summed E-state index contributed by atoms with van der Waals surface area (Å²) in [7, 11) is 3.08. The lowest BCUT2D eigenvalue weighted by Gasteiger charge is -2.44. The van der Waals surface area contributed by atoms with Gasteiger partial charge in [-0.1, -0.05) is 6.07 Å². The van der Waals surface area contributed by atoms with Crippen molar-refractivity contribution in [2.45, 2.75) is 51.4 Å². The van der Waals surface area contributed by atoms with Crippen LogP contribution in [0.4, 0.5) is 0 Å². The Bertz CT molecular complexity index is 1390. The normalized spacial score (nSPS) is 19.8. The molecule has 0 aliphatic carbocycles. The number of ether oxygens (including phenoxy) is 4. The largest absolute Gasteiger partial charge is 0.506 e. The summed E-state index contributed by atoms with van der Waals surface area (Å²) in [6.07, 6.45) is 5.49. The highest BCUT2D eigenvalue weighted by molar-refractivity contribution is 5.97. The summed E-state index contributed by atoms with van der Waals surface area (Å²) in [5.41, 5.74) is 1.00. The van der Waals surface area contributed by atoms with E-state index in [0.29, 0.717) is 45.9 Å². The summed E-state index contributed by atoms with van der Waals surface area (Å²) in [5.74, 6) is 1.35. The minimum atomic E-state index is -0.582. The van der Waals surface area contributed by atoms with E-state index in [9.17, 15) is 9.90 Å². The first-order valence-electron chi connectivity index (χ1n) is 11.2. The number of phenolic OH excluding ortho intramolecular Hbond substituents is 1. The van der Waals surface area contributed by atoms with Gasteiger partial charge in [-0.05, 0) is 57.5 Å². The van der Waals surface area contributed by atoms with Crippen LogP contribution in [0.2, 0.25) is 0 Å². The van der Waals surface area contributed by atoms with E-state index in [1.165, 1.54) is 13.4 Å². The lowest BCUT2D eigenvalue weighted by atomic mass is 9.85. The molecular weight excluding hydrogens is 436 g/mol. The molecule has 2 aliphatic rings. The number of hydrogen-bond acceptors (Lipinski definition) is 7. The van der Waals surface area contributed by atoms with E-state index in [0.717, 1.165) is 0 Å². The van der Waals surface area contributed by atoms with Crippen LogP contribution in [-0.4, -0.2) is 30.5 Å². The molecule has 1 unspecified atom stereocenters. The lowest BCUT2D eigenvalue weighted by Crippen LogP contribution is -2.40. The van der Waals surface area contributed by atoms with Crippen molar-refractivity contribution in [1.29, 1.82) is 0 Å². The highest BCUT2D eigenvalue weighted by Crippen LogP contribution is 2.53. The van der Waals surface area contributed by atoms with Gasteiger partial charge in [-0.15, -0.1) is 0 Å². The van der Waals surface area contributed by atoms with Crippen molar-refractivity contribution in [2.75, 3.05) is 14.2 Å². The van der Waals surface area contributed by atoms with Crippen molar-refractivity contribution < 1.29 is 28.5 Å². The predicted octanol–water partition coefficient (Wildman–Crippen LogP) is 5.61. The first kappa shape index (κ1) is 22.3. The van der Waals surface area contributed by atoms with E-state index in [-0.39, 0.29) is 33.9 Å². The second-order valence-corrected chi connectivity index (χ2v) is 9.87. The molecule has 34 heavy (non-hydrogen) atoms. The third-order valence-electron chi connectivity index (χ3n) is 6.39. The zero-order valence-electron chi connectivity index (χ0n) is 20.1. The van der Waals surface area contributed by atoms with Crippen LogP contribution < -0.4 is 19.6 Å². The molecule has 2 aliphatic heterocycles. The van der Waals surface area contributed by atoms with Crippen LogP contribution in [0.3, 0.4) is 0 Å². The monoisotopic (exact) mass is 464 g/mol. The van der Waals surface area contributed by atoms with Crippen LogP contribution >= 0.6 is 0 Å². The maximum atomic E-state index is 13.7. The second-order valence-electron chi connectivity index (χ2n) is 9.87. The van der Waals surface area contributed by atoms with E-state index in [2.05, 4.69) is 0 Å². The van der Waals surface area contributed by atoms with Gasteiger partial charge in [0.05, 0.1) is 42.6 Å². The van der Waals surface area contributed by atoms with Crippen molar-refractivity contribution in [1.82, 2.24) is 0 Å². The fourth-order valence-corrected chi connectivity index (χ4v) is 4.70. The van der Waals surface area contributed by atoms with Gasteiger partial charge in [0.15, 0.2) is 17.1 Å². The molecule has 0 bridgehead atoms. The third kappa shape index (κ3) is 3.42. The number of rotatable bonds is 4. The molecule has 1 saturated heterocycles. The molecule has 0 radical (unpaired) electrons. The van der Waals surface area contributed by atoms with Gasteiger partial charge in [0.1, 0.15) is 28.7 Å². The van der Waals surface area contributed by atoms with E-state index in [1.54, 1.807) is 25.3 Å². The smallest absolute Gasteiger partial charge is 0.204 e. The molecule has 3 aromatic rings. The van der Waals surface area contributed by atoms with E-state index in [4.69, 9.17) is 23.4 Å². The Morgan fingerprint density at radius 3 is 2.44 bits per heavy atom. The Morgan fingerprint density at radius 1 is 1.09 bits per heavy atom. The van der Waals surface area contributed by atoms with Gasteiger partial charge < -0.3 is 28.5 Å². The summed E-state index contributed by atoms with van der Waals surface area (Å²) in [6, 6.07) is 5.17. The Hall–Kier alpha value is -3.45. The zero-order chi connectivity index (χ0) is 24.4. The van der Waals surface area contributed by atoms with Crippen LogP contribution in [0.25, 0.3) is 28.2 Å². The number of benzene rings is 2. The van der Waals surface area contributed by atoms with Gasteiger partial charge in [0.2, 0.25) is 5.43 Å². The fraction of sp³-hybridized carbons (Fsp3) is 0.370. The first-order chi connectivity index (χ1) is 16.0. The van der Waals surface area contributed by atoms with Crippen LogP contribution in [0.1, 0.15) is 51.3 Å². The summed E-state index contributed by atoms with van der Waals surface area (Å²) in [5, 5.41) is 11.5. The topological polar surface area (TPSA) is 87.4 Å². The predicted molar refractivity (Wildman–Crippen MR) is 129 cm³/mol. The van der Waals surface area contributed by atoms with Crippen molar-refractivity contribution in [3.05, 3.63) is 51.9 Å². The number of fused-ring (bicyclic) bond motifs is 3. The molecule has 7 nitrogen and oxygen atoms in total. The SMILES string of the molecule is COc1ccc(-c2coc3c4c(c(C5CC(C)(C)O5)c(O)c3c2=O)OC(C)(C)C=C4)cc1OC. The van der Waals surface area contributed by atoms with Crippen molar-refractivity contribution in [3.63, 3.8) is 0 Å². The van der Waals surface area contributed by atoms with Crippen LogP contribution in [-0.2, 0) is 4.74 Å². The standard InChI is InChI=1S/C27H28O7/c1-26(2)10-9-15-24-21(23(29)20(25(15)34-26)19-12-27(3,4)33-19)22(28)16(13-32-24)14-7-8-17(30-5)18(11-14)31-6/h7-11,13,19,29H,12H2,1-6H3. The van der Waals surface area contributed by atoms with Gasteiger partial charge in [-0.2, -0.15) is 0 Å². The summed E-state index contributed by atoms with van der Waals surface area (Å²) in [4.78, 5) is 13.7. The molecule has 1 atom stereocenters. The maximum absolute atomic E-state index is 13.7. The van der Waals surface area contributed by atoms with Gasteiger partial charge in [-0.3, -0.25) is 4.79 Å². The quantitative estimate of drug-likeness (QED) is 0.537. The van der Waals surface area contributed by atoms with Gasteiger partial charge >= 0.3 is 0 Å². The molecule has 1 fully saturated rings. The molecule has 1 aromatic heterocycles. The van der Waals surface area contributed by atoms with Crippen LogP contribution in [0.5, 0.6) is 23.0 Å². The molecule has 1 N–H and O–H groups in total. The fourth-order valence-electron chi connectivity index (χ4n) is 4.70. The first-order valence-corrected chi connectivity index (χ1v) is 11.2. The van der Waals surface area contributed by atoms with E-state index < -0.39 is 5.60 Å². The van der Waals surface area contributed by atoms with E-state index >= 15 is 0 Å². The molecule has 178 valence electrons. The Kier molecular flexibility index (Phi) is 4.95. The van der Waals surface area contributed by atoms with Gasteiger partial charge in [-0.25, -0.2) is 0 Å². The molecule has 3 heterocycles. The summed E-state index contributed by atoms with van der Waals surface area (Å²) in [6.45, 7) is 7.84. The highest BCUT2D eigenvalue weighted by atomic mass is 16.5. The van der Waals surface area contributed by atoms with Crippen LogP contribution in [0.15, 0.2) is 39.7 Å². The highest BCUT2D eigenvalue weighted by Gasteiger charge is 2.43. The molecule has 0 saturated carbocycles. The van der Waals surface area contributed by atoms with Gasteiger partial charge in [0.25, 0.3) is 0 Å². The Balaban J connectivity index is 1.77.